The topological polar surface area (TPSA) is 40.5 Å². The highest BCUT2D eigenvalue weighted by molar-refractivity contribution is 5.42. The van der Waals surface area contributed by atoms with Gasteiger partial charge in [0, 0.05) is 0 Å². The van der Waals surface area contributed by atoms with Gasteiger partial charge in [-0.3, -0.25) is 0 Å². The molecule has 4 aliphatic carbocycles. The van der Waals surface area contributed by atoms with Crippen molar-refractivity contribution in [2.45, 2.75) is 97.7 Å². The van der Waals surface area contributed by atoms with Crippen molar-refractivity contribution >= 4 is 0 Å². The van der Waals surface area contributed by atoms with Gasteiger partial charge in [-0.25, -0.2) is 0 Å². The van der Waals surface area contributed by atoms with Gasteiger partial charge in [0.05, 0.1) is 11.7 Å². The molecule has 0 radical (unpaired) electrons. The number of allylic oxidation sites excluding steroid dienone is 5. The summed E-state index contributed by atoms with van der Waals surface area (Å²) in [4.78, 5) is 0. The Morgan fingerprint density at radius 2 is 1.86 bits per heavy atom. The molecule has 4 aliphatic rings. The minimum Gasteiger partial charge on any atom is -0.393 e. The second kappa shape index (κ2) is 7.38. The van der Waals surface area contributed by atoms with Crippen molar-refractivity contribution < 1.29 is 10.2 Å². The third kappa shape index (κ3) is 3.69. The summed E-state index contributed by atoms with van der Waals surface area (Å²) in [5.74, 6) is 3.21. The van der Waals surface area contributed by atoms with Gasteiger partial charge in [-0.2, -0.15) is 0 Å². The van der Waals surface area contributed by atoms with Crippen LogP contribution in [0.5, 0.6) is 0 Å². The molecule has 7 atom stereocenters. The van der Waals surface area contributed by atoms with Gasteiger partial charge in [-0.05, 0) is 118 Å². The van der Waals surface area contributed by atoms with E-state index in [4.69, 9.17) is 0 Å². The summed E-state index contributed by atoms with van der Waals surface area (Å²) in [6.45, 7) is 11.0. The monoisotopic (exact) mass is 398 g/mol. The molecule has 2 nitrogen and oxygen atoms in total. The number of aliphatic hydroxyl groups excluding tert-OH is 1. The Bertz CT molecular complexity index is 723. The lowest BCUT2D eigenvalue weighted by molar-refractivity contribution is -0.117. The van der Waals surface area contributed by atoms with Gasteiger partial charge in [-0.1, -0.05) is 38.2 Å². The molecule has 0 saturated heterocycles. The lowest BCUT2D eigenvalue weighted by atomic mass is 9.44. The van der Waals surface area contributed by atoms with Crippen molar-refractivity contribution in [2.75, 3.05) is 0 Å². The van der Waals surface area contributed by atoms with E-state index >= 15 is 0 Å². The van der Waals surface area contributed by atoms with E-state index < -0.39 is 5.60 Å². The van der Waals surface area contributed by atoms with Crippen LogP contribution in [-0.2, 0) is 0 Å². The first kappa shape index (κ1) is 21.4. The zero-order valence-corrected chi connectivity index (χ0v) is 19.2. The van der Waals surface area contributed by atoms with Crippen molar-refractivity contribution in [3.63, 3.8) is 0 Å². The molecule has 0 aromatic heterocycles. The van der Waals surface area contributed by atoms with Crippen molar-refractivity contribution in [3.8, 4) is 0 Å². The van der Waals surface area contributed by atoms with Gasteiger partial charge in [0.1, 0.15) is 0 Å². The smallest absolute Gasteiger partial charge is 0.0774 e. The number of fused-ring (bicyclic) bond motifs is 5. The van der Waals surface area contributed by atoms with Crippen LogP contribution in [0.25, 0.3) is 0 Å². The maximum Gasteiger partial charge on any atom is 0.0774 e. The highest BCUT2D eigenvalue weighted by Crippen LogP contribution is 2.66. The van der Waals surface area contributed by atoms with Gasteiger partial charge < -0.3 is 10.2 Å². The van der Waals surface area contributed by atoms with Crippen LogP contribution in [0.15, 0.2) is 35.5 Å². The van der Waals surface area contributed by atoms with E-state index in [0.29, 0.717) is 10.8 Å². The number of aliphatic hydroxyl groups is 2. The molecule has 2 heteroatoms. The lowest BCUT2D eigenvalue weighted by Gasteiger charge is -2.60. The predicted molar refractivity (Wildman–Crippen MR) is 120 cm³/mol. The van der Waals surface area contributed by atoms with E-state index in [1.165, 1.54) is 44.1 Å². The molecule has 29 heavy (non-hydrogen) atoms. The van der Waals surface area contributed by atoms with Crippen molar-refractivity contribution in [1.29, 1.82) is 0 Å². The zero-order chi connectivity index (χ0) is 21.0. The third-order valence-corrected chi connectivity index (χ3v) is 9.49. The maximum atomic E-state index is 10.2. The highest BCUT2D eigenvalue weighted by atomic mass is 16.3. The predicted octanol–water partition coefficient (Wildman–Crippen LogP) is 6.20. The first-order chi connectivity index (χ1) is 13.5. The van der Waals surface area contributed by atoms with E-state index in [9.17, 15) is 10.2 Å². The fourth-order valence-electron chi connectivity index (χ4n) is 7.93. The van der Waals surface area contributed by atoms with Gasteiger partial charge in [0.15, 0.2) is 0 Å². The molecule has 0 heterocycles. The van der Waals surface area contributed by atoms with Gasteiger partial charge in [-0.15, -0.1) is 0 Å². The molecule has 3 fully saturated rings. The quantitative estimate of drug-likeness (QED) is 0.556. The Labute approximate surface area is 178 Å². The highest BCUT2D eigenvalue weighted by Gasteiger charge is 2.58. The van der Waals surface area contributed by atoms with Crippen LogP contribution >= 0.6 is 0 Å². The van der Waals surface area contributed by atoms with Crippen molar-refractivity contribution in [1.82, 2.24) is 0 Å². The molecule has 162 valence electrons. The van der Waals surface area contributed by atoms with Crippen LogP contribution in [0.4, 0.5) is 0 Å². The van der Waals surface area contributed by atoms with Crippen LogP contribution in [-0.4, -0.2) is 21.9 Å². The molecule has 0 amide bonds. The Morgan fingerprint density at radius 1 is 1.10 bits per heavy atom. The molecule has 2 N–H and O–H groups in total. The van der Waals surface area contributed by atoms with Gasteiger partial charge in [0.2, 0.25) is 0 Å². The van der Waals surface area contributed by atoms with E-state index in [2.05, 4.69) is 32.9 Å². The fourth-order valence-corrected chi connectivity index (χ4v) is 7.93. The summed E-state index contributed by atoms with van der Waals surface area (Å²) in [7, 11) is 0. The normalized spacial score (nSPS) is 45.6. The van der Waals surface area contributed by atoms with E-state index in [0.717, 1.165) is 36.5 Å². The first-order valence-electron chi connectivity index (χ1n) is 12.0. The summed E-state index contributed by atoms with van der Waals surface area (Å²) in [6, 6.07) is 0. The standard InChI is InChI=1S/C27H42O2/c1-18(7-6-14-25(2,3)29)22-10-11-23-21-9-8-19-17-20(28)12-15-26(19,4)24(21)13-16-27(22,23)5/h6-7,10,14,19-21,23-24,28-29H,8-9,11-13,15-17H2,1-5H3/t19?,20?,21-,23-,24-,26-,27+/m0/s1. The lowest BCUT2D eigenvalue weighted by Crippen LogP contribution is -2.53. The molecule has 0 bridgehead atoms. The van der Waals surface area contributed by atoms with Crippen LogP contribution in [0.1, 0.15) is 86.0 Å². The molecule has 2 unspecified atom stereocenters. The molecule has 4 rings (SSSR count). The van der Waals surface area contributed by atoms with Crippen molar-refractivity contribution in [2.24, 2.45) is 34.5 Å². The second-order valence-electron chi connectivity index (χ2n) is 11.8. The molecule has 0 aromatic carbocycles. The number of hydrogen-bond acceptors (Lipinski definition) is 2. The zero-order valence-electron chi connectivity index (χ0n) is 19.2. The summed E-state index contributed by atoms with van der Waals surface area (Å²) in [5, 5.41) is 20.2. The minimum atomic E-state index is -0.757. The van der Waals surface area contributed by atoms with Gasteiger partial charge in [0.25, 0.3) is 0 Å². The molecular formula is C27H42O2. The summed E-state index contributed by atoms with van der Waals surface area (Å²) >= 11 is 0. The average Bonchev–Trinajstić information content (AvgIpc) is 2.98. The van der Waals surface area contributed by atoms with E-state index in [-0.39, 0.29) is 6.10 Å². The van der Waals surface area contributed by atoms with Crippen LogP contribution in [0.3, 0.4) is 0 Å². The van der Waals surface area contributed by atoms with Crippen molar-refractivity contribution in [3.05, 3.63) is 35.5 Å². The maximum absolute atomic E-state index is 10.2. The van der Waals surface area contributed by atoms with Crippen LogP contribution in [0.2, 0.25) is 0 Å². The van der Waals surface area contributed by atoms with E-state index in [1.807, 2.05) is 26.0 Å². The molecule has 0 aromatic rings. The largest absolute Gasteiger partial charge is 0.393 e. The minimum absolute atomic E-state index is 0.0528. The first-order valence-corrected chi connectivity index (χ1v) is 12.0. The summed E-state index contributed by atoms with van der Waals surface area (Å²) in [5.41, 5.74) is 2.93. The van der Waals surface area contributed by atoms with Crippen LogP contribution in [0, 0.1) is 34.5 Å². The Morgan fingerprint density at radius 3 is 2.59 bits per heavy atom. The average molecular weight is 399 g/mol. The molecule has 0 spiro atoms. The van der Waals surface area contributed by atoms with E-state index in [1.54, 1.807) is 5.57 Å². The summed E-state index contributed by atoms with van der Waals surface area (Å²) < 4.78 is 0. The molecule has 0 aliphatic heterocycles. The number of hydrogen-bond donors (Lipinski definition) is 2. The second-order valence-corrected chi connectivity index (χ2v) is 11.8. The van der Waals surface area contributed by atoms with Gasteiger partial charge >= 0.3 is 0 Å². The number of rotatable bonds is 3. The molecule has 3 saturated carbocycles. The summed E-state index contributed by atoms with van der Waals surface area (Å²) in [6.07, 6.45) is 18.4. The fraction of sp³-hybridized carbons (Fsp3) is 0.778. The van der Waals surface area contributed by atoms with Crippen LogP contribution < -0.4 is 0 Å². The third-order valence-electron chi connectivity index (χ3n) is 9.49. The Kier molecular flexibility index (Phi) is 5.44. The molecular weight excluding hydrogens is 356 g/mol. The Balaban J connectivity index is 1.54. The SMILES string of the molecule is CC(=CC=CC(C)(C)O)C1=CC[C@H]2[C@@H]3CCC4CC(O)CC[C@]4(C)[C@H]3CC[C@]12C. The Hall–Kier alpha value is -0.860.